The normalized spacial score (nSPS) is 16.9. The maximum atomic E-state index is 12.5. The summed E-state index contributed by atoms with van der Waals surface area (Å²) in [5.74, 6) is 1.58. The smallest absolute Gasteiger partial charge is 0.262 e. The lowest BCUT2D eigenvalue weighted by molar-refractivity contribution is -0.127. The average molecular weight is 398 g/mol. The zero-order valence-electron chi connectivity index (χ0n) is 15.8. The fraction of sp³-hybridized carbons (Fsp3) is 0.350. The number of carbonyl (C=O) groups excluding carboxylic acids is 1. The van der Waals surface area contributed by atoms with Gasteiger partial charge in [0.25, 0.3) is 11.8 Å². The van der Waals surface area contributed by atoms with E-state index in [4.69, 9.17) is 9.15 Å². The Labute approximate surface area is 167 Å². The molecule has 28 heavy (non-hydrogen) atoms. The number of thiophene rings is 1. The predicted octanol–water partition coefficient (Wildman–Crippen LogP) is 3.65. The maximum absolute atomic E-state index is 12.5. The van der Waals surface area contributed by atoms with Crippen molar-refractivity contribution in [1.29, 1.82) is 0 Å². The molecular weight excluding hydrogens is 376 g/mol. The molecule has 146 valence electrons. The van der Waals surface area contributed by atoms with Crippen molar-refractivity contribution in [3.8, 4) is 16.5 Å². The average Bonchev–Trinajstić information content (AvgIpc) is 3.42. The van der Waals surface area contributed by atoms with E-state index in [9.17, 15) is 4.79 Å². The minimum Gasteiger partial charge on any atom is -0.477 e. The van der Waals surface area contributed by atoms with Gasteiger partial charge in [0.2, 0.25) is 5.89 Å². The van der Waals surface area contributed by atoms with Crippen LogP contribution in [0.1, 0.15) is 32.2 Å². The summed E-state index contributed by atoms with van der Waals surface area (Å²) in [4.78, 5) is 15.5. The van der Waals surface area contributed by atoms with Crippen molar-refractivity contribution in [2.75, 3.05) is 18.0 Å². The van der Waals surface area contributed by atoms with Crippen LogP contribution in [-0.4, -0.2) is 35.3 Å². The van der Waals surface area contributed by atoms with Crippen LogP contribution in [0.3, 0.4) is 0 Å². The fourth-order valence-electron chi connectivity index (χ4n) is 3.16. The van der Waals surface area contributed by atoms with Crippen molar-refractivity contribution in [3.05, 3.63) is 47.7 Å². The zero-order chi connectivity index (χ0) is 19.5. The molecular formula is C20H22N4O3S. The molecule has 0 aliphatic carbocycles. The van der Waals surface area contributed by atoms with E-state index in [1.807, 2.05) is 55.6 Å². The molecule has 1 aromatic carbocycles. The molecule has 0 unspecified atom stereocenters. The first-order valence-electron chi connectivity index (χ1n) is 9.34. The van der Waals surface area contributed by atoms with Crippen molar-refractivity contribution in [2.24, 2.45) is 0 Å². The number of benzene rings is 1. The van der Waals surface area contributed by atoms with Crippen molar-refractivity contribution < 1.29 is 13.9 Å². The van der Waals surface area contributed by atoms with Crippen LogP contribution in [0.25, 0.3) is 10.8 Å². The van der Waals surface area contributed by atoms with Gasteiger partial charge in [-0.1, -0.05) is 25.1 Å². The van der Waals surface area contributed by atoms with Gasteiger partial charge in [0, 0.05) is 6.54 Å². The van der Waals surface area contributed by atoms with E-state index in [-0.39, 0.29) is 11.9 Å². The largest absolute Gasteiger partial charge is 0.477 e. The summed E-state index contributed by atoms with van der Waals surface area (Å²) in [6, 6.07) is 11.4. The highest BCUT2D eigenvalue weighted by Crippen LogP contribution is 2.38. The molecule has 0 radical (unpaired) electrons. The van der Waals surface area contributed by atoms with Crippen LogP contribution < -0.4 is 15.0 Å². The number of nitrogens with zero attached hydrogens (tertiary/aromatic N) is 3. The molecule has 0 saturated heterocycles. The van der Waals surface area contributed by atoms with E-state index >= 15 is 0 Å². The highest BCUT2D eigenvalue weighted by atomic mass is 32.1. The Morgan fingerprint density at radius 2 is 2.18 bits per heavy atom. The van der Waals surface area contributed by atoms with Crippen LogP contribution >= 0.6 is 11.3 Å². The van der Waals surface area contributed by atoms with Crippen molar-refractivity contribution in [3.63, 3.8) is 0 Å². The monoisotopic (exact) mass is 398 g/mol. The first kappa shape index (κ1) is 18.5. The van der Waals surface area contributed by atoms with E-state index < -0.39 is 6.10 Å². The standard InChI is InChI=1S/C20H22N4O3S/c1-3-10-21-18(25)16-12-24(14-7-4-5-8-15(14)26-16)13(2)19-22-23-20(27-19)17-9-6-11-28-17/h4-9,11,13,16H,3,10,12H2,1-2H3,(H,21,25)/t13-,16+/m0/s1. The van der Waals surface area contributed by atoms with Gasteiger partial charge in [0.05, 0.1) is 17.1 Å². The van der Waals surface area contributed by atoms with E-state index in [2.05, 4.69) is 20.4 Å². The Balaban J connectivity index is 1.60. The zero-order valence-corrected chi connectivity index (χ0v) is 16.6. The predicted molar refractivity (Wildman–Crippen MR) is 108 cm³/mol. The number of aromatic nitrogens is 2. The first-order chi connectivity index (χ1) is 13.7. The van der Waals surface area contributed by atoms with Crippen LogP contribution in [0.2, 0.25) is 0 Å². The Morgan fingerprint density at radius 3 is 2.96 bits per heavy atom. The van der Waals surface area contributed by atoms with Gasteiger partial charge in [-0.25, -0.2) is 0 Å². The third-order valence-electron chi connectivity index (χ3n) is 4.65. The lowest BCUT2D eigenvalue weighted by Gasteiger charge is -2.38. The second kappa shape index (κ2) is 8.02. The number of carbonyl (C=O) groups is 1. The summed E-state index contributed by atoms with van der Waals surface area (Å²) in [6.45, 7) is 5.05. The van der Waals surface area contributed by atoms with Gasteiger partial charge in [-0.05, 0) is 36.9 Å². The highest BCUT2D eigenvalue weighted by molar-refractivity contribution is 7.13. The van der Waals surface area contributed by atoms with Crippen LogP contribution in [-0.2, 0) is 4.79 Å². The molecule has 0 bridgehead atoms. The number of anilines is 1. The molecule has 0 spiro atoms. The number of amides is 1. The maximum Gasteiger partial charge on any atom is 0.262 e. The van der Waals surface area contributed by atoms with Crippen molar-refractivity contribution in [2.45, 2.75) is 32.4 Å². The Morgan fingerprint density at radius 1 is 1.32 bits per heavy atom. The second-order valence-electron chi connectivity index (χ2n) is 6.62. The molecule has 1 aliphatic rings. The topological polar surface area (TPSA) is 80.5 Å². The van der Waals surface area contributed by atoms with E-state index in [0.717, 1.165) is 17.0 Å². The van der Waals surface area contributed by atoms with E-state index in [0.29, 0.717) is 30.6 Å². The van der Waals surface area contributed by atoms with Crippen LogP contribution in [0, 0.1) is 0 Å². The number of nitrogens with one attached hydrogen (secondary N) is 1. The third kappa shape index (κ3) is 3.60. The summed E-state index contributed by atoms with van der Waals surface area (Å²) in [7, 11) is 0. The number of rotatable bonds is 6. The van der Waals surface area contributed by atoms with Gasteiger partial charge in [-0.15, -0.1) is 21.5 Å². The summed E-state index contributed by atoms with van der Waals surface area (Å²) in [5.41, 5.74) is 0.908. The van der Waals surface area contributed by atoms with Gasteiger partial charge >= 0.3 is 0 Å². The molecule has 1 N–H and O–H groups in total. The van der Waals surface area contributed by atoms with Gasteiger partial charge in [-0.3, -0.25) is 4.79 Å². The summed E-state index contributed by atoms with van der Waals surface area (Å²) >= 11 is 1.55. The second-order valence-corrected chi connectivity index (χ2v) is 7.56. The minimum absolute atomic E-state index is 0.113. The third-order valence-corrected chi connectivity index (χ3v) is 5.50. The lowest BCUT2D eigenvalue weighted by Crippen LogP contribution is -2.49. The molecule has 7 nitrogen and oxygen atoms in total. The lowest BCUT2D eigenvalue weighted by atomic mass is 10.1. The SMILES string of the molecule is CCCNC(=O)[C@H]1CN([C@@H](C)c2nnc(-c3cccs3)o2)c2ccccc2O1. The van der Waals surface area contributed by atoms with E-state index in [1.54, 1.807) is 11.3 Å². The van der Waals surface area contributed by atoms with Gasteiger partial charge < -0.3 is 19.4 Å². The molecule has 2 atom stereocenters. The van der Waals surface area contributed by atoms with Crippen LogP contribution in [0.5, 0.6) is 5.75 Å². The number of para-hydroxylation sites is 2. The fourth-order valence-corrected chi connectivity index (χ4v) is 3.81. The number of hydrogen-bond donors (Lipinski definition) is 1. The van der Waals surface area contributed by atoms with Crippen molar-refractivity contribution >= 4 is 22.9 Å². The van der Waals surface area contributed by atoms with E-state index in [1.165, 1.54) is 0 Å². The molecule has 3 heterocycles. The Hall–Kier alpha value is -2.87. The quantitative estimate of drug-likeness (QED) is 0.683. The minimum atomic E-state index is -0.594. The molecule has 2 aromatic heterocycles. The van der Waals surface area contributed by atoms with Crippen molar-refractivity contribution in [1.82, 2.24) is 15.5 Å². The summed E-state index contributed by atoms with van der Waals surface area (Å²) in [6.07, 6.45) is 0.284. The molecule has 1 amide bonds. The number of ether oxygens (including phenoxy) is 1. The Kier molecular flexibility index (Phi) is 5.29. The van der Waals surface area contributed by atoms with Crippen LogP contribution in [0.15, 0.2) is 46.2 Å². The summed E-state index contributed by atoms with van der Waals surface area (Å²) in [5, 5.41) is 13.3. The molecule has 1 aliphatic heterocycles. The molecule has 3 aromatic rings. The molecule has 0 fully saturated rings. The molecule has 0 saturated carbocycles. The van der Waals surface area contributed by atoms with Gasteiger partial charge in [0.1, 0.15) is 11.8 Å². The molecule has 4 rings (SSSR count). The van der Waals surface area contributed by atoms with Gasteiger partial charge in [0.15, 0.2) is 6.10 Å². The number of hydrogen-bond acceptors (Lipinski definition) is 7. The van der Waals surface area contributed by atoms with Crippen LogP contribution in [0.4, 0.5) is 5.69 Å². The summed E-state index contributed by atoms with van der Waals surface area (Å²) < 4.78 is 11.9. The molecule has 8 heteroatoms. The highest BCUT2D eigenvalue weighted by Gasteiger charge is 2.34. The number of fused-ring (bicyclic) bond motifs is 1. The van der Waals surface area contributed by atoms with Gasteiger partial charge in [-0.2, -0.15) is 0 Å². The first-order valence-corrected chi connectivity index (χ1v) is 10.2. The Bertz CT molecular complexity index is 941.